The molecular formula is C14H11N5O2S. The highest BCUT2D eigenvalue weighted by Gasteiger charge is 2.17. The van der Waals surface area contributed by atoms with Gasteiger partial charge in [0.1, 0.15) is 11.5 Å². The summed E-state index contributed by atoms with van der Waals surface area (Å²) in [5, 5.41) is 17.6. The fourth-order valence-corrected chi connectivity index (χ4v) is 3.05. The van der Waals surface area contributed by atoms with E-state index in [0.717, 1.165) is 32.6 Å². The van der Waals surface area contributed by atoms with Crippen LogP contribution >= 0.6 is 11.3 Å². The zero-order valence-corrected chi connectivity index (χ0v) is 12.7. The molecule has 0 N–H and O–H groups in total. The Morgan fingerprint density at radius 2 is 2.00 bits per heavy atom. The first-order valence-electron chi connectivity index (χ1n) is 6.54. The zero-order chi connectivity index (χ0) is 15.1. The van der Waals surface area contributed by atoms with E-state index in [-0.39, 0.29) is 0 Å². The van der Waals surface area contributed by atoms with Gasteiger partial charge in [0, 0.05) is 5.56 Å². The number of aryl methyl sites for hydroxylation is 1. The number of rotatable bonds is 3. The fraction of sp³-hybridized carbons (Fsp3) is 0.143. The van der Waals surface area contributed by atoms with E-state index in [1.807, 2.05) is 31.2 Å². The third-order valence-electron chi connectivity index (χ3n) is 3.32. The van der Waals surface area contributed by atoms with Gasteiger partial charge >= 0.3 is 0 Å². The summed E-state index contributed by atoms with van der Waals surface area (Å²) in [4.78, 5) is 0.724. The lowest BCUT2D eigenvalue weighted by atomic mass is 10.2. The standard InChI is InChI=1S/C14H11N5O2S/c1-8-11(7-15-21-8)13-18-19-12(16-17-14(19)22-13)9-3-5-10(20-2)6-4-9/h3-7H,1-2H3. The van der Waals surface area contributed by atoms with Crippen LogP contribution in [0.4, 0.5) is 0 Å². The van der Waals surface area contributed by atoms with Crippen molar-refractivity contribution in [3.8, 4) is 27.7 Å². The second-order valence-electron chi connectivity index (χ2n) is 4.65. The predicted molar refractivity (Wildman–Crippen MR) is 80.9 cm³/mol. The lowest BCUT2D eigenvalue weighted by molar-refractivity contribution is 0.398. The Bertz CT molecular complexity index is 938. The minimum atomic E-state index is 0.689. The highest BCUT2D eigenvalue weighted by Crippen LogP contribution is 2.30. The van der Waals surface area contributed by atoms with E-state index >= 15 is 0 Å². The van der Waals surface area contributed by atoms with Crippen molar-refractivity contribution in [1.82, 2.24) is 25.0 Å². The second-order valence-corrected chi connectivity index (χ2v) is 5.61. The predicted octanol–water partition coefficient (Wildman–Crippen LogP) is 2.82. The molecule has 0 atom stereocenters. The quantitative estimate of drug-likeness (QED) is 0.579. The molecule has 22 heavy (non-hydrogen) atoms. The van der Waals surface area contributed by atoms with Crippen molar-refractivity contribution in [3.63, 3.8) is 0 Å². The van der Waals surface area contributed by atoms with Gasteiger partial charge in [-0.3, -0.25) is 0 Å². The van der Waals surface area contributed by atoms with E-state index in [1.54, 1.807) is 17.8 Å². The summed E-state index contributed by atoms with van der Waals surface area (Å²) in [7, 11) is 1.64. The molecule has 110 valence electrons. The molecule has 3 aromatic heterocycles. The maximum Gasteiger partial charge on any atom is 0.235 e. The molecule has 0 saturated heterocycles. The molecule has 0 saturated carbocycles. The molecule has 0 aliphatic rings. The average molecular weight is 313 g/mol. The third kappa shape index (κ3) is 1.96. The van der Waals surface area contributed by atoms with Crippen LogP contribution in [0.5, 0.6) is 5.75 Å². The minimum absolute atomic E-state index is 0.689. The summed E-state index contributed by atoms with van der Waals surface area (Å²) in [5.41, 5.74) is 1.79. The number of methoxy groups -OCH3 is 1. The number of benzene rings is 1. The van der Waals surface area contributed by atoms with Gasteiger partial charge < -0.3 is 9.26 Å². The Kier molecular flexibility index (Phi) is 2.90. The molecule has 0 radical (unpaired) electrons. The molecule has 0 aliphatic carbocycles. The molecule has 7 nitrogen and oxygen atoms in total. The van der Waals surface area contributed by atoms with Gasteiger partial charge in [-0.2, -0.15) is 9.61 Å². The van der Waals surface area contributed by atoms with Crippen LogP contribution in [-0.4, -0.2) is 32.1 Å². The second kappa shape index (κ2) is 4.92. The van der Waals surface area contributed by atoms with Crippen LogP contribution in [0.25, 0.3) is 26.9 Å². The summed E-state index contributed by atoms with van der Waals surface area (Å²) in [6, 6.07) is 7.62. The van der Waals surface area contributed by atoms with Gasteiger partial charge in [-0.1, -0.05) is 16.5 Å². The van der Waals surface area contributed by atoms with Gasteiger partial charge in [0.05, 0.1) is 18.9 Å². The molecule has 0 bridgehead atoms. The van der Waals surface area contributed by atoms with Crippen molar-refractivity contribution >= 4 is 16.3 Å². The van der Waals surface area contributed by atoms with Crippen LogP contribution in [0.15, 0.2) is 35.0 Å². The normalized spacial score (nSPS) is 11.2. The summed E-state index contributed by atoms with van der Waals surface area (Å²) in [6.45, 7) is 1.86. The van der Waals surface area contributed by atoms with Crippen molar-refractivity contribution in [2.45, 2.75) is 6.92 Å². The summed E-state index contributed by atoms with van der Waals surface area (Å²) in [6.07, 6.45) is 1.66. The topological polar surface area (TPSA) is 78.3 Å². The first-order chi connectivity index (χ1) is 10.8. The fourth-order valence-electron chi connectivity index (χ4n) is 2.15. The Balaban J connectivity index is 1.82. The van der Waals surface area contributed by atoms with Crippen LogP contribution in [0.1, 0.15) is 5.76 Å². The lowest BCUT2D eigenvalue weighted by Crippen LogP contribution is -1.91. The van der Waals surface area contributed by atoms with E-state index in [1.165, 1.54) is 11.3 Å². The lowest BCUT2D eigenvalue weighted by Gasteiger charge is -2.00. The van der Waals surface area contributed by atoms with Crippen LogP contribution < -0.4 is 4.74 Å². The number of aromatic nitrogens is 5. The Labute approximate surface area is 129 Å². The first kappa shape index (κ1) is 13.0. The highest BCUT2D eigenvalue weighted by atomic mass is 32.1. The maximum absolute atomic E-state index is 5.17. The van der Waals surface area contributed by atoms with Gasteiger partial charge in [-0.05, 0) is 31.2 Å². The van der Waals surface area contributed by atoms with E-state index in [4.69, 9.17) is 9.26 Å². The number of hydrogen-bond donors (Lipinski definition) is 0. The van der Waals surface area contributed by atoms with Crippen LogP contribution in [0, 0.1) is 6.92 Å². The third-order valence-corrected chi connectivity index (χ3v) is 4.25. The van der Waals surface area contributed by atoms with Crippen molar-refractivity contribution in [2.75, 3.05) is 7.11 Å². The van der Waals surface area contributed by atoms with Gasteiger partial charge in [0.25, 0.3) is 0 Å². The molecule has 0 fully saturated rings. The van der Waals surface area contributed by atoms with Gasteiger partial charge in [0.2, 0.25) is 4.96 Å². The van der Waals surface area contributed by atoms with Gasteiger partial charge in [0.15, 0.2) is 10.8 Å². The minimum Gasteiger partial charge on any atom is -0.497 e. The molecule has 0 aliphatic heterocycles. The van der Waals surface area contributed by atoms with Crippen molar-refractivity contribution in [1.29, 1.82) is 0 Å². The Morgan fingerprint density at radius 1 is 1.18 bits per heavy atom. The molecule has 4 rings (SSSR count). The van der Waals surface area contributed by atoms with Gasteiger partial charge in [-0.15, -0.1) is 10.2 Å². The molecule has 4 aromatic rings. The summed E-state index contributed by atoms with van der Waals surface area (Å²) < 4.78 is 12.0. The summed E-state index contributed by atoms with van der Waals surface area (Å²) >= 11 is 1.45. The van der Waals surface area contributed by atoms with E-state index in [0.29, 0.717) is 5.82 Å². The van der Waals surface area contributed by atoms with Gasteiger partial charge in [-0.25, -0.2) is 0 Å². The molecule has 8 heteroatoms. The Hall–Kier alpha value is -2.74. The smallest absolute Gasteiger partial charge is 0.235 e. The highest BCUT2D eigenvalue weighted by molar-refractivity contribution is 7.19. The number of ether oxygens (including phenoxy) is 1. The average Bonchev–Trinajstić information content (AvgIpc) is 3.22. The van der Waals surface area contributed by atoms with Crippen molar-refractivity contribution in [3.05, 3.63) is 36.2 Å². The van der Waals surface area contributed by atoms with E-state index in [9.17, 15) is 0 Å². The maximum atomic E-state index is 5.17. The van der Waals surface area contributed by atoms with Crippen molar-refractivity contribution < 1.29 is 9.26 Å². The molecule has 1 aromatic carbocycles. The molecule has 0 spiro atoms. The monoisotopic (exact) mass is 313 g/mol. The SMILES string of the molecule is COc1ccc(-c2nnc3sc(-c4cnoc4C)nn23)cc1. The summed E-state index contributed by atoms with van der Waals surface area (Å²) in [5.74, 6) is 2.22. The van der Waals surface area contributed by atoms with Crippen LogP contribution in [-0.2, 0) is 0 Å². The zero-order valence-electron chi connectivity index (χ0n) is 11.8. The van der Waals surface area contributed by atoms with E-state index in [2.05, 4.69) is 20.5 Å². The first-order valence-corrected chi connectivity index (χ1v) is 7.36. The molecule has 0 amide bonds. The molecule has 3 heterocycles. The van der Waals surface area contributed by atoms with Crippen LogP contribution in [0.2, 0.25) is 0 Å². The molecule has 0 unspecified atom stereocenters. The Morgan fingerprint density at radius 3 is 2.68 bits per heavy atom. The number of nitrogens with zero attached hydrogens (tertiary/aromatic N) is 5. The van der Waals surface area contributed by atoms with E-state index < -0.39 is 0 Å². The van der Waals surface area contributed by atoms with Crippen molar-refractivity contribution in [2.24, 2.45) is 0 Å². The largest absolute Gasteiger partial charge is 0.497 e. The number of hydrogen-bond acceptors (Lipinski definition) is 7. The number of fused-ring (bicyclic) bond motifs is 1. The van der Waals surface area contributed by atoms with Crippen LogP contribution in [0.3, 0.4) is 0 Å². The molecular weight excluding hydrogens is 302 g/mol.